The van der Waals surface area contributed by atoms with Crippen molar-refractivity contribution in [1.82, 2.24) is 0 Å². The van der Waals surface area contributed by atoms with Crippen LogP contribution >= 0.6 is 0 Å². The van der Waals surface area contributed by atoms with Gasteiger partial charge in [-0.2, -0.15) is 0 Å². The normalized spacial score (nSPS) is 51.7. The molecule has 0 saturated carbocycles. The minimum Gasteiger partial charge on any atom is -0.394 e. The van der Waals surface area contributed by atoms with E-state index < -0.39 is 74.7 Å². The highest BCUT2D eigenvalue weighted by atomic mass is 19.1. The van der Waals surface area contributed by atoms with Gasteiger partial charge in [-0.25, -0.2) is 4.39 Å². The Morgan fingerprint density at radius 2 is 1.39 bits per heavy atom. The molecule has 0 aromatic rings. The highest BCUT2D eigenvalue weighted by Crippen LogP contribution is 2.29. The summed E-state index contributed by atoms with van der Waals surface area (Å²) < 4.78 is 28.7. The maximum Gasteiger partial charge on any atom is 0.189 e. The minimum absolute atomic E-state index is 0.692. The van der Waals surface area contributed by atoms with Gasteiger partial charge in [-0.05, 0) is 0 Å². The summed E-state index contributed by atoms with van der Waals surface area (Å²) in [5.74, 6) is 0. The number of halogens is 1. The van der Waals surface area contributed by atoms with Crippen LogP contribution in [0.3, 0.4) is 0 Å². The van der Waals surface area contributed by atoms with Crippen molar-refractivity contribution < 1.29 is 54.3 Å². The lowest BCUT2D eigenvalue weighted by molar-refractivity contribution is -0.350. The standard InChI is InChI=1S/C12H21FO10/c13-5-7(17)10(4(2-15)21-11(5)20)23-12-9(19)8(18)6(16)3(1-14)22-12/h3-12,14-20H,1-2H2/t3?,4?,5?,6-,7?,8?,9?,10-,11-,12+/m1/s1. The topological polar surface area (TPSA) is 169 Å². The molecule has 0 radical (unpaired) electrons. The Kier molecular flexibility index (Phi) is 6.24. The Balaban J connectivity index is 2.11. The van der Waals surface area contributed by atoms with Crippen molar-refractivity contribution in [2.45, 2.75) is 61.5 Å². The van der Waals surface area contributed by atoms with Crippen LogP contribution in [0.2, 0.25) is 0 Å². The zero-order valence-corrected chi connectivity index (χ0v) is 11.9. The molecule has 2 fully saturated rings. The monoisotopic (exact) mass is 344 g/mol. The lowest BCUT2D eigenvalue weighted by atomic mass is 9.97. The van der Waals surface area contributed by atoms with E-state index in [1.807, 2.05) is 0 Å². The molecule has 2 aliphatic heterocycles. The quantitative estimate of drug-likeness (QED) is 0.264. The summed E-state index contributed by atoms with van der Waals surface area (Å²) in [7, 11) is 0. The summed E-state index contributed by atoms with van der Waals surface area (Å²) in [6.45, 7) is -1.43. The molecule has 7 N–H and O–H groups in total. The second-order valence-corrected chi connectivity index (χ2v) is 5.48. The molecule has 6 unspecified atom stereocenters. The van der Waals surface area contributed by atoms with E-state index in [1.165, 1.54) is 0 Å². The fourth-order valence-electron chi connectivity index (χ4n) is 2.55. The van der Waals surface area contributed by atoms with Gasteiger partial charge in [0.05, 0.1) is 13.2 Å². The van der Waals surface area contributed by atoms with E-state index in [2.05, 4.69) is 0 Å². The smallest absolute Gasteiger partial charge is 0.189 e. The van der Waals surface area contributed by atoms with Crippen molar-refractivity contribution in [3.05, 3.63) is 0 Å². The van der Waals surface area contributed by atoms with Crippen molar-refractivity contribution >= 4 is 0 Å². The van der Waals surface area contributed by atoms with E-state index in [1.54, 1.807) is 0 Å². The zero-order valence-electron chi connectivity index (χ0n) is 11.9. The number of hydrogen-bond donors (Lipinski definition) is 7. The molecule has 2 heterocycles. The predicted octanol–water partition coefficient (Wildman–Crippen LogP) is -4.42. The van der Waals surface area contributed by atoms with E-state index in [0.29, 0.717) is 0 Å². The summed E-state index contributed by atoms with van der Waals surface area (Å²) in [5, 5.41) is 66.5. The van der Waals surface area contributed by atoms with Crippen LogP contribution < -0.4 is 0 Å². The Morgan fingerprint density at radius 3 is 1.96 bits per heavy atom. The molecule has 0 bridgehead atoms. The van der Waals surface area contributed by atoms with Gasteiger partial charge in [0, 0.05) is 0 Å². The number of ether oxygens (including phenoxy) is 3. The van der Waals surface area contributed by atoms with Crippen LogP contribution in [0.15, 0.2) is 0 Å². The van der Waals surface area contributed by atoms with Crippen molar-refractivity contribution in [3.8, 4) is 0 Å². The lowest BCUT2D eigenvalue weighted by Crippen LogP contribution is -2.63. The van der Waals surface area contributed by atoms with Crippen molar-refractivity contribution in [3.63, 3.8) is 0 Å². The van der Waals surface area contributed by atoms with Crippen molar-refractivity contribution in [1.29, 1.82) is 0 Å². The Labute approximate surface area is 130 Å². The third kappa shape index (κ3) is 3.64. The first-order chi connectivity index (χ1) is 10.8. The van der Waals surface area contributed by atoms with Crippen LogP contribution in [0, 0.1) is 0 Å². The molecular formula is C12H21FO10. The molecule has 0 spiro atoms. The fraction of sp³-hybridized carbons (Fsp3) is 1.00. The van der Waals surface area contributed by atoms with Crippen LogP contribution in [0.5, 0.6) is 0 Å². The van der Waals surface area contributed by atoms with Gasteiger partial charge in [-0.15, -0.1) is 0 Å². The molecule has 2 saturated heterocycles. The van der Waals surface area contributed by atoms with E-state index in [9.17, 15) is 35.0 Å². The number of hydrogen-bond acceptors (Lipinski definition) is 10. The lowest BCUT2D eigenvalue weighted by Gasteiger charge is -2.44. The average Bonchev–Trinajstić information content (AvgIpc) is 2.55. The van der Waals surface area contributed by atoms with E-state index in [-0.39, 0.29) is 0 Å². The first-order valence-corrected chi connectivity index (χ1v) is 7.04. The number of aliphatic hydroxyl groups is 7. The molecule has 2 aliphatic rings. The molecule has 2 rings (SSSR count). The summed E-state index contributed by atoms with van der Waals surface area (Å²) in [4.78, 5) is 0. The summed E-state index contributed by atoms with van der Waals surface area (Å²) in [5.41, 5.74) is 0. The van der Waals surface area contributed by atoms with Gasteiger partial charge in [0.2, 0.25) is 0 Å². The van der Waals surface area contributed by atoms with E-state index in [0.717, 1.165) is 0 Å². The number of alkyl halides is 1. The van der Waals surface area contributed by atoms with Crippen LogP contribution in [0.1, 0.15) is 0 Å². The summed E-state index contributed by atoms with van der Waals surface area (Å²) in [6, 6.07) is 0. The van der Waals surface area contributed by atoms with Crippen molar-refractivity contribution in [2.24, 2.45) is 0 Å². The average molecular weight is 344 g/mol. The van der Waals surface area contributed by atoms with Crippen molar-refractivity contribution in [2.75, 3.05) is 13.2 Å². The molecule has 136 valence electrons. The van der Waals surface area contributed by atoms with Crippen LogP contribution in [-0.2, 0) is 14.2 Å². The Bertz CT molecular complexity index is 383. The predicted molar refractivity (Wildman–Crippen MR) is 67.5 cm³/mol. The van der Waals surface area contributed by atoms with E-state index >= 15 is 0 Å². The third-order valence-corrected chi connectivity index (χ3v) is 3.94. The second-order valence-electron chi connectivity index (χ2n) is 5.48. The molecular weight excluding hydrogens is 323 g/mol. The summed E-state index contributed by atoms with van der Waals surface area (Å²) in [6.07, 6.45) is -16.9. The van der Waals surface area contributed by atoms with Gasteiger partial charge in [-0.1, -0.05) is 0 Å². The first-order valence-electron chi connectivity index (χ1n) is 7.04. The minimum atomic E-state index is -2.23. The SMILES string of the molecule is OCC1O[C@@H](O[C@@H]2C(CO)O[C@@H](O)C(F)C2O)C(O)C(O)[C@@H]1O. The maximum absolute atomic E-state index is 13.6. The zero-order chi connectivity index (χ0) is 17.3. The molecule has 0 amide bonds. The third-order valence-electron chi connectivity index (χ3n) is 3.94. The van der Waals surface area contributed by atoms with Crippen LogP contribution in [-0.4, -0.2) is 110 Å². The van der Waals surface area contributed by atoms with Gasteiger partial charge >= 0.3 is 0 Å². The molecule has 0 aliphatic carbocycles. The summed E-state index contributed by atoms with van der Waals surface area (Å²) >= 11 is 0. The van der Waals surface area contributed by atoms with E-state index in [4.69, 9.17) is 19.3 Å². The van der Waals surface area contributed by atoms with Gasteiger partial charge < -0.3 is 50.0 Å². The molecule has 0 aromatic carbocycles. The number of aliphatic hydroxyl groups excluding tert-OH is 7. The highest BCUT2D eigenvalue weighted by molar-refractivity contribution is 4.93. The van der Waals surface area contributed by atoms with Gasteiger partial charge in [-0.3, -0.25) is 0 Å². The van der Waals surface area contributed by atoms with Crippen LogP contribution in [0.4, 0.5) is 4.39 Å². The second kappa shape index (κ2) is 7.61. The molecule has 0 aromatic heterocycles. The fourth-order valence-corrected chi connectivity index (χ4v) is 2.55. The molecule has 10 atom stereocenters. The van der Waals surface area contributed by atoms with Gasteiger partial charge in [0.25, 0.3) is 0 Å². The molecule has 23 heavy (non-hydrogen) atoms. The largest absolute Gasteiger partial charge is 0.394 e. The Morgan fingerprint density at radius 1 is 0.783 bits per heavy atom. The first kappa shape index (κ1) is 18.9. The van der Waals surface area contributed by atoms with Gasteiger partial charge in [0.15, 0.2) is 18.8 Å². The number of rotatable bonds is 4. The van der Waals surface area contributed by atoms with Gasteiger partial charge in [0.1, 0.15) is 42.7 Å². The highest BCUT2D eigenvalue weighted by Gasteiger charge is 2.50. The van der Waals surface area contributed by atoms with Crippen LogP contribution in [0.25, 0.3) is 0 Å². The molecule has 10 nitrogen and oxygen atoms in total. The molecule has 11 heteroatoms. The maximum atomic E-state index is 13.6. The Hall–Kier alpha value is -0.470.